The third-order valence-corrected chi connectivity index (χ3v) is 3.71. The first-order valence-electron chi connectivity index (χ1n) is 7.39. The SMILES string of the molecule is CCCNC(=O)C(C)NC(=O)C1CC(CC)CCN1. The van der Waals surface area contributed by atoms with Crippen LogP contribution in [0, 0.1) is 5.92 Å². The molecule has 1 heterocycles. The maximum Gasteiger partial charge on any atom is 0.242 e. The molecule has 110 valence electrons. The van der Waals surface area contributed by atoms with Crippen molar-refractivity contribution in [3.05, 3.63) is 0 Å². The maximum atomic E-state index is 12.1. The van der Waals surface area contributed by atoms with E-state index in [1.54, 1.807) is 6.92 Å². The van der Waals surface area contributed by atoms with Gasteiger partial charge in [0.1, 0.15) is 6.04 Å². The van der Waals surface area contributed by atoms with Gasteiger partial charge < -0.3 is 16.0 Å². The lowest BCUT2D eigenvalue weighted by atomic mass is 9.90. The van der Waals surface area contributed by atoms with Crippen molar-refractivity contribution in [2.45, 2.75) is 58.5 Å². The van der Waals surface area contributed by atoms with Crippen LogP contribution in [0.4, 0.5) is 0 Å². The van der Waals surface area contributed by atoms with E-state index in [4.69, 9.17) is 0 Å². The third kappa shape index (κ3) is 5.19. The van der Waals surface area contributed by atoms with Gasteiger partial charge in [0.15, 0.2) is 0 Å². The van der Waals surface area contributed by atoms with Crippen LogP contribution in [0.5, 0.6) is 0 Å². The van der Waals surface area contributed by atoms with Crippen molar-refractivity contribution >= 4 is 11.8 Å². The quantitative estimate of drug-likeness (QED) is 0.668. The summed E-state index contributed by atoms with van der Waals surface area (Å²) in [5.41, 5.74) is 0. The molecule has 1 aliphatic heterocycles. The molecule has 2 amide bonds. The van der Waals surface area contributed by atoms with E-state index >= 15 is 0 Å². The highest BCUT2D eigenvalue weighted by Gasteiger charge is 2.27. The molecule has 1 rings (SSSR count). The Morgan fingerprint density at radius 3 is 2.74 bits per heavy atom. The number of rotatable bonds is 6. The number of hydrogen-bond acceptors (Lipinski definition) is 3. The molecule has 0 radical (unpaired) electrons. The molecular weight excluding hydrogens is 242 g/mol. The van der Waals surface area contributed by atoms with Crippen molar-refractivity contribution in [2.24, 2.45) is 5.92 Å². The Morgan fingerprint density at radius 2 is 2.11 bits per heavy atom. The lowest BCUT2D eigenvalue weighted by Gasteiger charge is -2.29. The molecule has 1 aliphatic rings. The molecule has 1 saturated heterocycles. The van der Waals surface area contributed by atoms with Crippen LogP contribution < -0.4 is 16.0 Å². The molecular formula is C14H27N3O2. The molecule has 0 spiro atoms. The minimum atomic E-state index is -0.470. The Balaban J connectivity index is 2.38. The third-order valence-electron chi connectivity index (χ3n) is 3.71. The van der Waals surface area contributed by atoms with Gasteiger partial charge in [-0.05, 0) is 38.6 Å². The monoisotopic (exact) mass is 269 g/mol. The highest BCUT2D eigenvalue weighted by molar-refractivity contribution is 5.89. The average molecular weight is 269 g/mol. The van der Waals surface area contributed by atoms with E-state index in [-0.39, 0.29) is 17.9 Å². The second-order valence-electron chi connectivity index (χ2n) is 5.33. The maximum absolute atomic E-state index is 12.1. The van der Waals surface area contributed by atoms with Crippen LogP contribution >= 0.6 is 0 Å². The predicted molar refractivity (Wildman–Crippen MR) is 75.7 cm³/mol. The van der Waals surface area contributed by atoms with Gasteiger partial charge in [-0.1, -0.05) is 20.3 Å². The predicted octanol–water partition coefficient (Wildman–Crippen LogP) is 0.796. The van der Waals surface area contributed by atoms with Gasteiger partial charge in [0.2, 0.25) is 11.8 Å². The van der Waals surface area contributed by atoms with Crippen LogP contribution in [0.1, 0.15) is 46.5 Å². The van der Waals surface area contributed by atoms with Crippen LogP contribution in [0.2, 0.25) is 0 Å². The summed E-state index contributed by atoms with van der Waals surface area (Å²) in [5, 5.41) is 8.80. The molecule has 0 bridgehead atoms. The van der Waals surface area contributed by atoms with Crippen molar-refractivity contribution in [3.8, 4) is 0 Å². The summed E-state index contributed by atoms with van der Waals surface area (Å²) in [7, 11) is 0. The van der Waals surface area contributed by atoms with Crippen molar-refractivity contribution in [3.63, 3.8) is 0 Å². The van der Waals surface area contributed by atoms with Crippen LogP contribution in [0.25, 0.3) is 0 Å². The number of amides is 2. The van der Waals surface area contributed by atoms with E-state index in [0.29, 0.717) is 12.5 Å². The van der Waals surface area contributed by atoms with E-state index in [1.807, 2.05) is 6.92 Å². The van der Waals surface area contributed by atoms with Gasteiger partial charge in [-0.2, -0.15) is 0 Å². The lowest BCUT2D eigenvalue weighted by molar-refractivity contribution is -0.130. The zero-order valence-corrected chi connectivity index (χ0v) is 12.3. The number of piperidine rings is 1. The highest BCUT2D eigenvalue weighted by Crippen LogP contribution is 2.19. The number of nitrogens with one attached hydrogen (secondary N) is 3. The normalized spacial score (nSPS) is 24.6. The molecule has 3 unspecified atom stereocenters. The topological polar surface area (TPSA) is 70.2 Å². The highest BCUT2D eigenvalue weighted by atomic mass is 16.2. The summed E-state index contributed by atoms with van der Waals surface area (Å²) >= 11 is 0. The molecule has 0 saturated carbocycles. The summed E-state index contributed by atoms with van der Waals surface area (Å²) in [5.74, 6) is 0.441. The Labute approximate surface area is 115 Å². The fourth-order valence-corrected chi connectivity index (χ4v) is 2.35. The van der Waals surface area contributed by atoms with E-state index in [0.717, 1.165) is 32.2 Å². The second-order valence-corrected chi connectivity index (χ2v) is 5.33. The van der Waals surface area contributed by atoms with Gasteiger partial charge in [0.25, 0.3) is 0 Å². The fraction of sp³-hybridized carbons (Fsp3) is 0.857. The molecule has 0 aromatic carbocycles. The molecule has 3 atom stereocenters. The van der Waals surface area contributed by atoms with Gasteiger partial charge in [-0.3, -0.25) is 9.59 Å². The summed E-state index contributed by atoms with van der Waals surface area (Å²) in [6.45, 7) is 7.42. The van der Waals surface area contributed by atoms with E-state index < -0.39 is 6.04 Å². The van der Waals surface area contributed by atoms with E-state index in [1.165, 1.54) is 0 Å². The largest absolute Gasteiger partial charge is 0.354 e. The Hall–Kier alpha value is -1.10. The zero-order valence-electron chi connectivity index (χ0n) is 12.3. The number of carbonyl (C=O) groups excluding carboxylic acids is 2. The van der Waals surface area contributed by atoms with Crippen molar-refractivity contribution in [2.75, 3.05) is 13.1 Å². The van der Waals surface area contributed by atoms with Gasteiger partial charge in [-0.25, -0.2) is 0 Å². The van der Waals surface area contributed by atoms with Crippen molar-refractivity contribution < 1.29 is 9.59 Å². The van der Waals surface area contributed by atoms with E-state index in [9.17, 15) is 9.59 Å². The van der Waals surface area contributed by atoms with Crippen LogP contribution in [-0.4, -0.2) is 37.0 Å². The van der Waals surface area contributed by atoms with Crippen LogP contribution in [0.3, 0.4) is 0 Å². The first kappa shape index (κ1) is 16.0. The standard InChI is InChI=1S/C14H27N3O2/c1-4-7-16-13(18)10(3)17-14(19)12-9-11(5-2)6-8-15-12/h10-12,15H,4-9H2,1-3H3,(H,16,18)(H,17,19). The Morgan fingerprint density at radius 1 is 1.37 bits per heavy atom. The molecule has 3 N–H and O–H groups in total. The molecule has 5 heteroatoms. The number of carbonyl (C=O) groups is 2. The number of hydrogen-bond donors (Lipinski definition) is 3. The summed E-state index contributed by atoms with van der Waals surface area (Å²) in [4.78, 5) is 23.8. The van der Waals surface area contributed by atoms with Gasteiger partial charge in [0, 0.05) is 6.54 Å². The summed E-state index contributed by atoms with van der Waals surface area (Å²) in [6.07, 6.45) is 4.01. The Bertz CT molecular complexity index is 307. The van der Waals surface area contributed by atoms with Gasteiger partial charge >= 0.3 is 0 Å². The zero-order chi connectivity index (χ0) is 14.3. The summed E-state index contributed by atoms with van der Waals surface area (Å²) in [6, 6.07) is -0.622. The molecule has 0 aliphatic carbocycles. The van der Waals surface area contributed by atoms with Crippen LogP contribution in [-0.2, 0) is 9.59 Å². The molecule has 19 heavy (non-hydrogen) atoms. The van der Waals surface area contributed by atoms with E-state index in [2.05, 4.69) is 22.9 Å². The van der Waals surface area contributed by atoms with Crippen molar-refractivity contribution in [1.29, 1.82) is 0 Å². The first-order chi connectivity index (χ1) is 9.08. The molecule has 5 nitrogen and oxygen atoms in total. The van der Waals surface area contributed by atoms with Gasteiger partial charge in [0.05, 0.1) is 6.04 Å². The van der Waals surface area contributed by atoms with Crippen molar-refractivity contribution in [1.82, 2.24) is 16.0 Å². The average Bonchev–Trinajstić information content (AvgIpc) is 2.44. The lowest BCUT2D eigenvalue weighted by Crippen LogP contribution is -2.53. The summed E-state index contributed by atoms with van der Waals surface area (Å²) < 4.78 is 0. The van der Waals surface area contributed by atoms with Crippen LogP contribution in [0.15, 0.2) is 0 Å². The minimum Gasteiger partial charge on any atom is -0.354 e. The van der Waals surface area contributed by atoms with Gasteiger partial charge in [-0.15, -0.1) is 0 Å². The smallest absolute Gasteiger partial charge is 0.242 e. The Kier molecular flexibility index (Phi) is 6.84. The molecule has 0 aromatic rings. The minimum absolute atomic E-state index is 0.0581. The molecule has 1 fully saturated rings. The fourth-order valence-electron chi connectivity index (χ4n) is 2.35. The molecule has 0 aromatic heterocycles. The second kappa shape index (κ2) is 8.15. The first-order valence-corrected chi connectivity index (χ1v) is 7.39.